The van der Waals surface area contributed by atoms with E-state index in [2.05, 4.69) is 6.92 Å². The maximum atomic E-state index is 13.0. The first-order chi connectivity index (χ1) is 13.1. The van der Waals surface area contributed by atoms with Crippen molar-refractivity contribution in [2.45, 2.75) is 25.7 Å². The molecule has 27 heavy (non-hydrogen) atoms. The van der Waals surface area contributed by atoms with E-state index in [0.717, 1.165) is 23.4 Å². The minimum absolute atomic E-state index is 0.0304. The summed E-state index contributed by atoms with van der Waals surface area (Å²) in [4.78, 5) is 27.1. The van der Waals surface area contributed by atoms with Gasteiger partial charge in [-0.3, -0.25) is 9.69 Å². The van der Waals surface area contributed by atoms with Gasteiger partial charge in [0.05, 0.1) is 18.4 Å². The van der Waals surface area contributed by atoms with Gasteiger partial charge < -0.3 is 9.47 Å². The number of ether oxygens (including phenoxy) is 2. The summed E-state index contributed by atoms with van der Waals surface area (Å²) in [6.45, 7) is 2.21. The molecule has 0 bridgehead atoms. The van der Waals surface area contributed by atoms with E-state index in [9.17, 15) is 9.59 Å². The fourth-order valence-corrected chi connectivity index (χ4v) is 3.76. The van der Waals surface area contributed by atoms with E-state index in [4.69, 9.17) is 9.47 Å². The Bertz CT molecular complexity index is 912. The summed E-state index contributed by atoms with van der Waals surface area (Å²) in [5, 5.41) is 0. The quantitative estimate of drug-likeness (QED) is 0.779. The van der Waals surface area contributed by atoms with E-state index in [0.29, 0.717) is 11.3 Å². The molecule has 5 nitrogen and oxygen atoms in total. The smallest absolute Gasteiger partial charge is 0.336 e. The first-order valence-corrected chi connectivity index (χ1v) is 9.08. The molecule has 0 radical (unpaired) electrons. The van der Waals surface area contributed by atoms with Crippen LogP contribution in [0.3, 0.4) is 0 Å². The second-order valence-corrected chi connectivity index (χ2v) is 6.72. The molecule has 0 saturated heterocycles. The number of methoxy groups -OCH3 is 1. The predicted octanol–water partition coefficient (Wildman–Crippen LogP) is 3.59. The average Bonchev–Trinajstić information content (AvgIpc) is 3.09. The number of esters is 1. The number of hydrogen-bond acceptors (Lipinski definition) is 4. The normalized spacial score (nSPS) is 19.2. The standard InChI is InChI=1S/C22H21NO4/c1-3-14-4-8-16(9-5-14)23-19-13-27-22(25)21(19)18(12-20(23)24)15-6-10-17(26-2)11-7-15/h4-11,18H,3,12-13H2,1-2H3/t18-/m1/s1. The molecule has 2 aromatic rings. The van der Waals surface area contributed by atoms with Crippen molar-refractivity contribution in [1.29, 1.82) is 0 Å². The van der Waals surface area contributed by atoms with Crippen molar-refractivity contribution in [2.75, 3.05) is 18.6 Å². The van der Waals surface area contributed by atoms with E-state index in [-0.39, 0.29) is 30.8 Å². The topological polar surface area (TPSA) is 55.8 Å². The maximum Gasteiger partial charge on any atom is 0.336 e. The van der Waals surface area contributed by atoms with Gasteiger partial charge in [0.25, 0.3) is 0 Å². The van der Waals surface area contributed by atoms with Crippen molar-refractivity contribution < 1.29 is 19.1 Å². The monoisotopic (exact) mass is 363 g/mol. The van der Waals surface area contributed by atoms with Crippen LogP contribution in [0.4, 0.5) is 5.69 Å². The van der Waals surface area contributed by atoms with E-state index in [1.54, 1.807) is 12.0 Å². The van der Waals surface area contributed by atoms with Gasteiger partial charge in [0.1, 0.15) is 12.4 Å². The Morgan fingerprint density at radius 3 is 2.41 bits per heavy atom. The zero-order chi connectivity index (χ0) is 19.0. The third-order valence-corrected chi connectivity index (χ3v) is 5.24. The second-order valence-electron chi connectivity index (χ2n) is 6.72. The Morgan fingerprint density at radius 1 is 1.07 bits per heavy atom. The number of hydrogen-bond donors (Lipinski definition) is 0. The van der Waals surface area contributed by atoms with Crippen molar-refractivity contribution in [2.24, 2.45) is 0 Å². The van der Waals surface area contributed by atoms with Crippen LogP contribution in [0.15, 0.2) is 59.8 Å². The van der Waals surface area contributed by atoms with Crippen LogP contribution in [0.2, 0.25) is 0 Å². The molecule has 0 aromatic heterocycles. The molecule has 2 heterocycles. The van der Waals surface area contributed by atoms with Gasteiger partial charge in [0, 0.05) is 18.0 Å². The highest BCUT2D eigenvalue weighted by Crippen LogP contribution is 2.42. The van der Waals surface area contributed by atoms with E-state index >= 15 is 0 Å². The lowest BCUT2D eigenvalue weighted by Crippen LogP contribution is -2.37. The maximum absolute atomic E-state index is 13.0. The first kappa shape index (κ1) is 17.3. The van der Waals surface area contributed by atoms with Crippen molar-refractivity contribution in [1.82, 2.24) is 0 Å². The van der Waals surface area contributed by atoms with Gasteiger partial charge in [0.15, 0.2) is 0 Å². The molecule has 4 rings (SSSR count). The Labute approximate surface area is 158 Å². The van der Waals surface area contributed by atoms with Crippen LogP contribution in [0.5, 0.6) is 5.75 Å². The highest BCUT2D eigenvalue weighted by Gasteiger charge is 2.42. The first-order valence-electron chi connectivity index (χ1n) is 9.08. The van der Waals surface area contributed by atoms with Crippen molar-refractivity contribution in [3.8, 4) is 5.75 Å². The fraction of sp³-hybridized carbons (Fsp3) is 0.273. The van der Waals surface area contributed by atoms with Crippen LogP contribution in [0.1, 0.15) is 30.4 Å². The van der Waals surface area contributed by atoms with Crippen LogP contribution in [-0.2, 0) is 20.7 Å². The molecule has 1 atom stereocenters. The van der Waals surface area contributed by atoms with Crippen LogP contribution in [0, 0.1) is 0 Å². The molecule has 138 valence electrons. The lowest BCUT2D eigenvalue weighted by molar-refractivity contribution is -0.136. The Hall–Kier alpha value is -3.08. The molecule has 2 aliphatic heterocycles. The third-order valence-electron chi connectivity index (χ3n) is 5.24. The number of rotatable bonds is 4. The number of cyclic esters (lactones) is 1. The van der Waals surface area contributed by atoms with Gasteiger partial charge in [-0.15, -0.1) is 0 Å². The summed E-state index contributed by atoms with van der Waals surface area (Å²) in [6.07, 6.45) is 1.17. The molecule has 2 aliphatic rings. The summed E-state index contributed by atoms with van der Waals surface area (Å²) in [7, 11) is 1.61. The summed E-state index contributed by atoms with van der Waals surface area (Å²) in [5.74, 6) is 0.0758. The number of benzene rings is 2. The van der Waals surface area contributed by atoms with Gasteiger partial charge in [-0.2, -0.15) is 0 Å². The Balaban J connectivity index is 1.76. The molecular formula is C22H21NO4. The number of aryl methyl sites for hydroxylation is 1. The minimum atomic E-state index is -0.339. The van der Waals surface area contributed by atoms with Crippen molar-refractivity contribution in [3.05, 3.63) is 70.9 Å². The summed E-state index contributed by atoms with van der Waals surface area (Å²) >= 11 is 0. The number of nitrogens with zero attached hydrogens (tertiary/aromatic N) is 1. The van der Waals surface area contributed by atoms with Gasteiger partial charge in [0.2, 0.25) is 5.91 Å². The van der Waals surface area contributed by atoms with Gasteiger partial charge in [-0.25, -0.2) is 4.79 Å². The zero-order valence-corrected chi connectivity index (χ0v) is 15.4. The third kappa shape index (κ3) is 2.99. The lowest BCUT2D eigenvalue weighted by atomic mass is 9.84. The van der Waals surface area contributed by atoms with E-state index < -0.39 is 0 Å². The van der Waals surface area contributed by atoms with Gasteiger partial charge in [-0.05, 0) is 41.8 Å². The predicted molar refractivity (Wildman–Crippen MR) is 102 cm³/mol. The highest BCUT2D eigenvalue weighted by atomic mass is 16.5. The molecule has 0 N–H and O–H groups in total. The molecule has 0 saturated carbocycles. The van der Waals surface area contributed by atoms with E-state index in [1.807, 2.05) is 48.5 Å². The molecule has 2 aromatic carbocycles. The Kier molecular flexibility index (Phi) is 4.44. The summed E-state index contributed by atoms with van der Waals surface area (Å²) in [5.41, 5.74) is 4.13. The zero-order valence-electron chi connectivity index (χ0n) is 15.4. The average molecular weight is 363 g/mol. The van der Waals surface area contributed by atoms with Crippen LogP contribution >= 0.6 is 0 Å². The largest absolute Gasteiger partial charge is 0.497 e. The number of amides is 1. The SMILES string of the molecule is CCc1ccc(N2C(=O)C[C@H](c3ccc(OC)cc3)C3=C2COC3=O)cc1. The molecular weight excluding hydrogens is 342 g/mol. The fourth-order valence-electron chi connectivity index (χ4n) is 3.76. The van der Waals surface area contributed by atoms with Crippen molar-refractivity contribution >= 4 is 17.6 Å². The number of anilines is 1. The molecule has 0 aliphatic carbocycles. The molecule has 1 amide bonds. The minimum Gasteiger partial charge on any atom is -0.497 e. The Morgan fingerprint density at radius 2 is 1.78 bits per heavy atom. The van der Waals surface area contributed by atoms with Crippen LogP contribution < -0.4 is 9.64 Å². The summed E-state index contributed by atoms with van der Waals surface area (Å²) < 4.78 is 10.5. The molecule has 0 spiro atoms. The van der Waals surface area contributed by atoms with Gasteiger partial charge in [-0.1, -0.05) is 31.2 Å². The second kappa shape index (κ2) is 6.91. The number of carbonyl (C=O) groups is 2. The molecule has 5 heteroatoms. The van der Waals surface area contributed by atoms with Crippen molar-refractivity contribution in [3.63, 3.8) is 0 Å². The molecule has 0 unspecified atom stereocenters. The van der Waals surface area contributed by atoms with E-state index in [1.165, 1.54) is 5.56 Å². The number of carbonyl (C=O) groups excluding carboxylic acids is 2. The molecule has 0 fully saturated rings. The van der Waals surface area contributed by atoms with Crippen LogP contribution in [0.25, 0.3) is 0 Å². The summed E-state index contributed by atoms with van der Waals surface area (Å²) in [6, 6.07) is 15.4. The lowest BCUT2D eigenvalue weighted by Gasteiger charge is -2.32. The van der Waals surface area contributed by atoms with Crippen LogP contribution in [-0.4, -0.2) is 25.6 Å². The highest BCUT2D eigenvalue weighted by molar-refractivity contribution is 6.06. The van der Waals surface area contributed by atoms with Gasteiger partial charge >= 0.3 is 5.97 Å².